The predicted molar refractivity (Wildman–Crippen MR) is 180 cm³/mol. The second-order valence-corrected chi connectivity index (χ2v) is 17.8. The maximum absolute atomic E-state index is 14.8. The van der Waals surface area contributed by atoms with Crippen molar-refractivity contribution in [2.24, 2.45) is 0 Å². The zero-order valence-electron chi connectivity index (χ0n) is 28.7. The first-order valence-corrected chi connectivity index (χ1v) is 19.3. The SMILES string of the molecule is CC[C@]12C=C(O[Si](C)(C)C)c3c(c(=[N+]=[N-])c4c(=O)c5c(OCOC)ccc(OCOC)c5c(=O)c3=4)[C@H]1O[C@@H](c1c(C)cc(C)cc1C)O2. The monoisotopic (exact) mass is 672 g/mol. The van der Waals surface area contributed by atoms with Crippen molar-refractivity contribution < 1.29 is 37.6 Å². The molecular weight excluding hydrogens is 632 g/mol. The topological polar surface area (TPSA) is 135 Å². The van der Waals surface area contributed by atoms with Crippen molar-refractivity contribution >= 4 is 24.8 Å². The third-order valence-corrected chi connectivity index (χ3v) is 9.75. The van der Waals surface area contributed by atoms with Gasteiger partial charge in [-0.05, 0) is 76.2 Å². The maximum atomic E-state index is 14.8. The maximum Gasteiger partial charge on any atom is 0.333 e. The summed E-state index contributed by atoms with van der Waals surface area (Å²) in [5.74, 6) is 0.636. The van der Waals surface area contributed by atoms with Gasteiger partial charge in [-0.3, -0.25) is 9.59 Å². The summed E-state index contributed by atoms with van der Waals surface area (Å²) in [4.78, 5) is 33.1. The molecule has 2 aromatic carbocycles. The Kier molecular flexibility index (Phi) is 8.70. The predicted octanol–water partition coefficient (Wildman–Crippen LogP) is 5.32. The van der Waals surface area contributed by atoms with E-state index in [2.05, 4.69) is 16.9 Å². The minimum atomic E-state index is -2.35. The summed E-state index contributed by atoms with van der Waals surface area (Å²) in [6.07, 6.45) is 0.719. The third-order valence-electron chi connectivity index (χ3n) is 8.92. The van der Waals surface area contributed by atoms with Crippen molar-refractivity contribution in [2.45, 2.75) is 71.8 Å². The molecule has 0 spiro atoms. The molecule has 6 rings (SSSR count). The highest BCUT2D eigenvalue weighted by molar-refractivity contribution is 6.70. The van der Waals surface area contributed by atoms with Crippen LogP contribution in [0, 0.1) is 31.2 Å². The van der Waals surface area contributed by atoms with Gasteiger partial charge in [-0.1, -0.05) is 24.6 Å². The molecule has 0 saturated carbocycles. The zero-order valence-corrected chi connectivity index (χ0v) is 29.7. The van der Waals surface area contributed by atoms with Crippen LogP contribution in [0.15, 0.2) is 39.9 Å². The first-order chi connectivity index (χ1) is 22.8. The summed E-state index contributed by atoms with van der Waals surface area (Å²) in [6, 6.07) is 7.23. The molecule has 0 bridgehead atoms. The van der Waals surface area contributed by atoms with Crippen LogP contribution in [0.3, 0.4) is 0 Å². The van der Waals surface area contributed by atoms with E-state index in [0.29, 0.717) is 23.3 Å². The number of nitrogens with zero attached hydrogens (tertiary/aromatic N) is 2. The van der Waals surface area contributed by atoms with Crippen LogP contribution in [0.2, 0.25) is 19.6 Å². The lowest BCUT2D eigenvalue weighted by Gasteiger charge is -2.35. The van der Waals surface area contributed by atoms with Crippen LogP contribution in [0.25, 0.3) is 22.1 Å². The van der Waals surface area contributed by atoms with Crippen molar-refractivity contribution in [3.05, 3.63) is 105 Å². The van der Waals surface area contributed by atoms with Crippen LogP contribution in [-0.2, 0) is 23.4 Å². The first-order valence-electron chi connectivity index (χ1n) is 15.9. The van der Waals surface area contributed by atoms with Crippen molar-refractivity contribution in [3.63, 3.8) is 0 Å². The molecule has 0 amide bonds. The Bertz CT molecular complexity index is 2210. The molecule has 1 aliphatic heterocycles. The van der Waals surface area contributed by atoms with Crippen molar-refractivity contribution in [1.82, 2.24) is 0 Å². The molecule has 1 fully saturated rings. The Morgan fingerprint density at radius 1 is 0.896 bits per heavy atom. The molecule has 1 saturated heterocycles. The number of fused-ring (bicyclic) bond motifs is 5. The second-order valence-electron chi connectivity index (χ2n) is 13.4. The van der Waals surface area contributed by atoms with Gasteiger partial charge in [0.15, 0.2) is 25.3 Å². The molecule has 12 heteroatoms. The number of aryl methyl sites for hydroxylation is 3. The van der Waals surface area contributed by atoms with Crippen LogP contribution in [0.4, 0.5) is 0 Å². The second kappa shape index (κ2) is 12.4. The van der Waals surface area contributed by atoms with Gasteiger partial charge in [0.25, 0.3) is 0 Å². The molecule has 3 atom stereocenters. The van der Waals surface area contributed by atoms with Crippen molar-refractivity contribution in [2.75, 3.05) is 27.8 Å². The Morgan fingerprint density at radius 2 is 1.46 bits per heavy atom. The molecular formula is C36H40N2O9Si. The fraction of sp³-hybridized carbons (Fsp3) is 0.417. The van der Waals surface area contributed by atoms with Gasteiger partial charge in [0.2, 0.25) is 13.7 Å². The van der Waals surface area contributed by atoms with E-state index >= 15 is 0 Å². The lowest BCUT2D eigenvalue weighted by atomic mass is 9.82. The van der Waals surface area contributed by atoms with Crippen LogP contribution < -0.4 is 25.7 Å². The molecule has 0 aromatic heterocycles. The molecule has 0 radical (unpaired) electrons. The van der Waals surface area contributed by atoms with Gasteiger partial charge < -0.3 is 38.4 Å². The minimum Gasteiger partial charge on any atom is -0.544 e. The standard InChI is InChI=1S/C36H40N2O9Si/c1-10-36-15-23(47-48(7,8)9)25-28-29(33(40)27-22(44-17-42-6)12-11-21(43-16-41-5)26(27)32(28)39)31(38-37)30(25)34(36)45-35(46-36)24-19(3)13-18(2)14-20(24)4/h11-15,34-35H,10,16-17H2,1-9H3/t34-,35-,36+/m1/s1. The average Bonchev–Trinajstić information content (AvgIpc) is 3.57. The highest BCUT2D eigenvalue weighted by Crippen LogP contribution is 2.55. The highest BCUT2D eigenvalue weighted by Gasteiger charge is 2.56. The lowest BCUT2D eigenvalue weighted by Crippen LogP contribution is -2.39. The molecule has 0 unspecified atom stereocenters. The zero-order chi connectivity index (χ0) is 34.7. The summed E-state index contributed by atoms with van der Waals surface area (Å²) in [7, 11) is 0.558. The highest BCUT2D eigenvalue weighted by atomic mass is 28.4. The van der Waals surface area contributed by atoms with Crippen LogP contribution in [0.1, 0.15) is 59.1 Å². The van der Waals surface area contributed by atoms with E-state index < -0.39 is 37.2 Å². The van der Waals surface area contributed by atoms with E-state index in [4.69, 9.17) is 32.8 Å². The van der Waals surface area contributed by atoms with Crippen molar-refractivity contribution in [1.29, 1.82) is 0 Å². The summed E-state index contributed by atoms with van der Waals surface area (Å²) < 4.78 is 42.1. The summed E-state index contributed by atoms with van der Waals surface area (Å²) in [6.45, 7) is 13.8. The third kappa shape index (κ3) is 5.29. The number of hydrogen-bond acceptors (Lipinski definition) is 9. The molecule has 4 aliphatic rings. The van der Waals surface area contributed by atoms with Gasteiger partial charge >= 0.3 is 5.36 Å². The van der Waals surface area contributed by atoms with E-state index in [1.807, 2.05) is 53.4 Å². The molecule has 2 aromatic rings. The van der Waals surface area contributed by atoms with E-state index in [1.165, 1.54) is 20.3 Å². The van der Waals surface area contributed by atoms with Gasteiger partial charge in [-0.25, -0.2) is 0 Å². The fourth-order valence-corrected chi connectivity index (χ4v) is 7.98. The summed E-state index contributed by atoms with van der Waals surface area (Å²) >= 11 is 0. The summed E-state index contributed by atoms with van der Waals surface area (Å²) in [5.41, 5.74) is 13.3. The van der Waals surface area contributed by atoms with E-state index in [9.17, 15) is 15.1 Å². The Morgan fingerprint density at radius 3 is 1.96 bits per heavy atom. The van der Waals surface area contributed by atoms with E-state index in [1.54, 1.807) is 6.07 Å². The van der Waals surface area contributed by atoms with Gasteiger partial charge in [-0.2, -0.15) is 4.79 Å². The van der Waals surface area contributed by atoms with Gasteiger partial charge in [-0.15, -0.1) is 0 Å². The number of benzene rings is 2. The molecule has 3 aliphatic carbocycles. The molecule has 252 valence electrons. The fourth-order valence-electron chi connectivity index (χ4n) is 7.16. The quantitative estimate of drug-likeness (QED) is 0.0949. The summed E-state index contributed by atoms with van der Waals surface area (Å²) in [5, 5.41) is -0.124. The number of rotatable bonds is 10. The number of methoxy groups -OCH3 is 2. The lowest BCUT2D eigenvalue weighted by molar-refractivity contribution is -0.0847. The van der Waals surface area contributed by atoms with Gasteiger partial charge in [0.05, 0.1) is 21.6 Å². The molecule has 11 nitrogen and oxygen atoms in total. The average molecular weight is 673 g/mol. The first kappa shape index (κ1) is 33.7. The molecule has 48 heavy (non-hydrogen) atoms. The minimum absolute atomic E-state index is 0.00231. The molecule has 0 N–H and O–H groups in total. The normalized spacial score (nSPS) is 20.4. The van der Waals surface area contributed by atoms with E-state index in [0.717, 1.165) is 22.3 Å². The smallest absolute Gasteiger partial charge is 0.333 e. The Balaban J connectivity index is 1.75. The number of ether oxygens (including phenoxy) is 6. The molecule has 1 heterocycles. The largest absolute Gasteiger partial charge is 0.544 e. The van der Waals surface area contributed by atoms with Gasteiger partial charge in [0, 0.05) is 25.3 Å². The Hall–Kier alpha value is -4.16. The number of hydrogen-bond donors (Lipinski definition) is 0. The van der Waals surface area contributed by atoms with E-state index in [-0.39, 0.29) is 51.7 Å². The van der Waals surface area contributed by atoms with Crippen LogP contribution >= 0.6 is 0 Å². The van der Waals surface area contributed by atoms with Crippen LogP contribution in [-0.4, -0.2) is 46.5 Å². The van der Waals surface area contributed by atoms with Crippen LogP contribution in [0.5, 0.6) is 11.5 Å². The van der Waals surface area contributed by atoms with Crippen molar-refractivity contribution in [3.8, 4) is 11.5 Å². The van der Waals surface area contributed by atoms with Gasteiger partial charge in [0.1, 0.15) is 34.2 Å². The Labute approximate surface area is 278 Å².